The Morgan fingerprint density at radius 2 is 1.87 bits per heavy atom. The van der Waals surface area contributed by atoms with Crippen molar-refractivity contribution in [3.05, 3.63) is 83.4 Å². The van der Waals surface area contributed by atoms with Crippen LogP contribution in [0.2, 0.25) is 0 Å². The van der Waals surface area contributed by atoms with Crippen LogP contribution in [0, 0.1) is 5.82 Å². The number of hydrogen-bond acceptors (Lipinski definition) is 7. The fourth-order valence-electron chi connectivity index (χ4n) is 5.44. The van der Waals surface area contributed by atoms with Crippen LogP contribution in [-0.4, -0.2) is 58.8 Å². The number of urea groups is 1. The molecule has 3 heterocycles. The predicted octanol–water partition coefficient (Wildman–Crippen LogP) is 3.25. The maximum Gasteiger partial charge on any atom is 0.424 e. The van der Waals surface area contributed by atoms with Crippen LogP contribution in [0.4, 0.5) is 28.0 Å². The molecule has 6 rings (SSSR count). The van der Waals surface area contributed by atoms with Crippen molar-refractivity contribution in [1.82, 2.24) is 20.6 Å². The van der Waals surface area contributed by atoms with Crippen LogP contribution < -0.4 is 26.4 Å². The Kier molecular flexibility index (Phi) is 6.88. The van der Waals surface area contributed by atoms with Gasteiger partial charge in [-0.25, -0.2) is 14.2 Å². The highest BCUT2D eigenvalue weighted by Crippen LogP contribution is 2.61. The number of nitrogens with one attached hydrogen (secondary N) is 3. The number of amides is 4. The fourth-order valence-corrected chi connectivity index (χ4v) is 5.44. The maximum absolute atomic E-state index is 14.7. The fraction of sp³-hybridized carbons (Fsp3) is 0.233. The monoisotopic (exact) mass is 624 g/mol. The lowest BCUT2D eigenvalue weighted by atomic mass is 9.89. The first-order valence-electron chi connectivity index (χ1n) is 13.5. The largest absolute Gasteiger partial charge is 0.486 e. The lowest BCUT2D eigenvalue weighted by Crippen LogP contribution is -2.51. The molecule has 1 aliphatic heterocycles. The van der Waals surface area contributed by atoms with Gasteiger partial charge in [0, 0.05) is 41.7 Å². The van der Waals surface area contributed by atoms with Crippen molar-refractivity contribution in [2.45, 2.75) is 29.7 Å². The second kappa shape index (κ2) is 10.4. The quantitative estimate of drug-likeness (QED) is 0.197. The van der Waals surface area contributed by atoms with Crippen molar-refractivity contribution in [3.63, 3.8) is 0 Å². The lowest BCUT2D eigenvalue weighted by Gasteiger charge is -2.31. The van der Waals surface area contributed by atoms with Gasteiger partial charge in [0.15, 0.2) is 5.75 Å². The molecule has 0 saturated heterocycles. The number of primary amides is 1. The second-order valence-corrected chi connectivity index (χ2v) is 10.7. The molecule has 1 saturated carbocycles. The average Bonchev–Trinajstić information content (AvgIpc) is 3.65. The van der Waals surface area contributed by atoms with Crippen molar-refractivity contribution in [3.8, 4) is 17.0 Å². The third-order valence-electron chi connectivity index (χ3n) is 8.01. The van der Waals surface area contributed by atoms with E-state index >= 15 is 0 Å². The highest BCUT2D eigenvalue weighted by Gasteiger charge is 2.69. The number of fused-ring (bicyclic) bond motifs is 4. The van der Waals surface area contributed by atoms with Crippen LogP contribution in [0.1, 0.15) is 28.0 Å². The summed E-state index contributed by atoms with van der Waals surface area (Å²) in [6.07, 6.45) is -4.54. The van der Waals surface area contributed by atoms with Crippen LogP contribution in [0.15, 0.2) is 60.8 Å². The number of carbonyl (C=O) groups excluding carboxylic acids is 3. The van der Waals surface area contributed by atoms with Gasteiger partial charge in [0.05, 0.1) is 23.4 Å². The van der Waals surface area contributed by atoms with E-state index in [1.165, 1.54) is 37.5 Å². The van der Waals surface area contributed by atoms with Crippen LogP contribution in [0.5, 0.6) is 5.75 Å². The molecule has 4 amide bonds. The molecule has 2 aromatic carbocycles. The number of hydrogen-bond donors (Lipinski definition) is 5. The zero-order chi connectivity index (χ0) is 32.3. The number of nitrogens with two attached hydrogens (primary N) is 1. The van der Waals surface area contributed by atoms with E-state index in [2.05, 4.69) is 25.9 Å². The number of rotatable bonds is 7. The van der Waals surface area contributed by atoms with Crippen molar-refractivity contribution in [1.29, 1.82) is 0 Å². The first-order valence-corrected chi connectivity index (χ1v) is 13.5. The zero-order valence-electron chi connectivity index (χ0n) is 23.3. The normalized spacial score (nSPS) is 19.5. The molecule has 232 valence electrons. The van der Waals surface area contributed by atoms with Gasteiger partial charge in [0.25, 0.3) is 5.91 Å². The Morgan fingerprint density at radius 1 is 1.13 bits per heavy atom. The minimum Gasteiger partial charge on any atom is -0.486 e. The van der Waals surface area contributed by atoms with Crippen LogP contribution in [0.3, 0.4) is 0 Å². The number of alkyl halides is 3. The Labute approximate surface area is 251 Å². The van der Waals surface area contributed by atoms with E-state index in [1.807, 2.05) is 0 Å². The van der Waals surface area contributed by atoms with Gasteiger partial charge >= 0.3 is 12.2 Å². The molecular weight excluding hydrogens is 600 g/mol. The lowest BCUT2D eigenvalue weighted by molar-refractivity contribution is -0.265. The molecule has 6 N–H and O–H groups in total. The number of aliphatic hydroxyl groups is 1. The highest BCUT2D eigenvalue weighted by atomic mass is 19.4. The Balaban J connectivity index is 1.40. The molecular formula is C30H24F4N6O5. The molecule has 11 nitrogen and oxygen atoms in total. The van der Waals surface area contributed by atoms with E-state index in [0.717, 1.165) is 18.2 Å². The van der Waals surface area contributed by atoms with Crippen molar-refractivity contribution >= 4 is 34.4 Å². The average molecular weight is 625 g/mol. The Bertz CT molecular complexity index is 1890. The summed E-state index contributed by atoms with van der Waals surface area (Å²) in [6, 6.07) is 10.7. The summed E-state index contributed by atoms with van der Waals surface area (Å²) in [6.45, 7) is -1.39. The molecule has 4 aromatic rings. The van der Waals surface area contributed by atoms with E-state index in [0.29, 0.717) is 10.9 Å². The van der Waals surface area contributed by atoms with Gasteiger partial charge in [-0.15, -0.1) is 0 Å². The predicted molar refractivity (Wildman–Crippen MR) is 152 cm³/mol. The highest BCUT2D eigenvalue weighted by molar-refractivity contribution is 6.05. The van der Waals surface area contributed by atoms with Gasteiger partial charge in [-0.2, -0.15) is 13.2 Å². The molecule has 0 radical (unpaired) electrons. The summed E-state index contributed by atoms with van der Waals surface area (Å²) in [5.74, 6) is -2.46. The Hall–Kier alpha value is -5.31. The van der Waals surface area contributed by atoms with Gasteiger partial charge in [-0.3, -0.25) is 14.6 Å². The molecule has 15 heteroatoms. The Morgan fingerprint density at radius 3 is 2.53 bits per heavy atom. The third-order valence-corrected chi connectivity index (χ3v) is 8.01. The van der Waals surface area contributed by atoms with E-state index in [9.17, 15) is 37.1 Å². The number of halogens is 4. The van der Waals surface area contributed by atoms with Crippen molar-refractivity contribution < 1.29 is 41.8 Å². The number of aromatic nitrogens is 2. The number of ether oxygens (including phenoxy) is 1. The van der Waals surface area contributed by atoms with Gasteiger partial charge in [0.2, 0.25) is 11.5 Å². The summed E-state index contributed by atoms with van der Waals surface area (Å²) in [5, 5.41) is 18.7. The van der Waals surface area contributed by atoms with Crippen molar-refractivity contribution in [2.75, 3.05) is 18.9 Å². The summed E-state index contributed by atoms with van der Waals surface area (Å²) in [7, 11) is 1.37. The summed E-state index contributed by atoms with van der Waals surface area (Å²) in [4.78, 5) is 45.9. The van der Waals surface area contributed by atoms with Crippen LogP contribution in [-0.2, 0) is 15.8 Å². The van der Waals surface area contributed by atoms with E-state index < -0.39 is 59.2 Å². The second-order valence-electron chi connectivity index (χ2n) is 10.7. The number of pyridine rings is 2. The first kappa shape index (κ1) is 29.7. The molecule has 45 heavy (non-hydrogen) atoms. The first-order chi connectivity index (χ1) is 21.3. The number of nitrogens with zero attached hydrogens (tertiary/aromatic N) is 2. The summed E-state index contributed by atoms with van der Waals surface area (Å²) in [5.41, 5.74) is -0.202. The van der Waals surface area contributed by atoms with Crippen LogP contribution in [0.25, 0.3) is 22.2 Å². The maximum atomic E-state index is 14.7. The summed E-state index contributed by atoms with van der Waals surface area (Å²) >= 11 is 0. The molecule has 2 aliphatic rings. The van der Waals surface area contributed by atoms with E-state index in [1.54, 1.807) is 12.1 Å². The minimum absolute atomic E-state index is 0.00473. The number of anilines is 1. The van der Waals surface area contributed by atoms with Gasteiger partial charge in [-0.05, 0) is 48.5 Å². The molecule has 2 unspecified atom stereocenters. The number of carbonyl (C=O) groups is 3. The minimum atomic E-state index is -5.39. The SMILES string of the molecule is CNC(=O)Nc1cc(C(=O)NCC(O)(c2cc3c(c(-c4ccc(F)cc4)n2)OC2C[C@@]32C(N)=O)C(F)(F)F)cc2cccnc12. The van der Waals surface area contributed by atoms with Gasteiger partial charge < -0.3 is 31.5 Å². The summed E-state index contributed by atoms with van der Waals surface area (Å²) < 4.78 is 63.7. The molecule has 2 aromatic heterocycles. The molecule has 1 fully saturated rings. The molecule has 3 atom stereocenters. The topological polar surface area (TPSA) is 169 Å². The van der Waals surface area contributed by atoms with Gasteiger partial charge in [-0.1, -0.05) is 6.07 Å². The van der Waals surface area contributed by atoms with Crippen molar-refractivity contribution in [2.24, 2.45) is 5.73 Å². The van der Waals surface area contributed by atoms with Crippen LogP contribution >= 0.6 is 0 Å². The van der Waals surface area contributed by atoms with E-state index in [4.69, 9.17) is 10.5 Å². The molecule has 1 aliphatic carbocycles. The standard InChI is InChI=1S/C30H24F4N6O5/c1-36-27(43)39-19-10-16(9-15-3-2-8-37-22(15)19)25(41)38-13-29(44,30(32,33)34)20-11-18-24(45-21-12-28(18,21)26(35)42)23(40-20)14-4-6-17(31)7-5-14/h2-11,21,44H,12-13H2,1H3,(H2,35,42)(H,38,41)(H2,36,39,43)/t21?,28-,29?/m1/s1. The van der Waals surface area contributed by atoms with Gasteiger partial charge in [0.1, 0.15) is 23.0 Å². The van der Waals surface area contributed by atoms with E-state index in [-0.39, 0.29) is 40.2 Å². The zero-order valence-corrected chi connectivity index (χ0v) is 23.3. The molecule has 0 bridgehead atoms. The number of benzene rings is 2. The smallest absolute Gasteiger partial charge is 0.424 e. The molecule has 0 spiro atoms. The third kappa shape index (κ3) is 4.84.